The maximum Gasteiger partial charge on any atom is 0.290 e. The number of amides is 2. The molecule has 0 saturated carbocycles. The van der Waals surface area contributed by atoms with E-state index in [0.29, 0.717) is 5.69 Å². The summed E-state index contributed by atoms with van der Waals surface area (Å²) in [5.74, 6) is -0.250. The van der Waals surface area contributed by atoms with Gasteiger partial charge in [0.15, 0.2) is 12.4 Å². The highest BCUT2D eigenvalue weighted by molar-refractivity contribution is 5.91. The van der Waals surface area contributed by atoms with E-state index >= 15 is 0 Å². The van der Waals surface area contributed by atoms with Gasteiger partial charge in [-0.2, -0.15) is 4.57 Å². The summed E-state index contributed by atoms with van der Waals surface area (Å²) in [6, 6.07) is 9.46. The van der Waals surface area contributed by atoms with E-state index in [1.165, 1.54) is 6.92 Å². The van der Waals surface area contributed by atoms with Crippen LogP contribution in [-0.4, -0.2) is 11.8 Å². The molecule has 0 aliphatic carbocycles. The van der Waals surface area contributed by atoms with Gasteiger partial charge in [0.2, 0.25) is 12.5 Å². The Morgan fingerprint density at radius 1 is 1.04 bits per heavy atom. The van der Waals surface area contributed by atoms with Crippen LogP contribution in [0.1, 0.15) is 18.1 Å². The third-order valence-corrected chi connectivity index (χ3v) is 3.25. The van der Waals surface area contributed by atoms with Gasteiger partial charge in [-0.1, -0.05) is 18.2 Å². The largest absolute Gasteiger partial charge is 1.00 e. The van der Waals surface area contributed by atoms with Crippen molar-refractivity contribution in [3.05, 3.63) is 53.9 Å². The van der Waals surface area contributed by atoms with Gasteiger partial charge in [0.25, 0.3) is 5.91 Å². The zero-order valence-corrected chi connectivity index (χ0v) is 15.0. The minimum absolute atomic E-state index is 0. The van der Waals surface area contributed by atoms with Gasteiger partial charge >= 0.3 is 0 Å². The predicted molar refractivity (Wildman–Crippen MR) is 85.5 cm³/mol. The van der Waals surface area contributed by atoms with Crippen molar-refractivity contribution >= 4 is 23.2 Å². The molecular weight excluding hydrogens is 358 g/mol. The first kappa shape index (κ1) is 18.8. The molecule has 0 spiro atoms. The van der Waals surface area contributed by atoms with Crippen molar-refractivity contribution < 1.29 is 31.1 Å². The average molecular weight is 378 g/mol. The summed E-state index contributed by atoms with van der Waals surface area (Å²) in [6.07, 6.45) is 3.52. The molecule has 1 aromatic carbocycles. The summed E-state index contributed by atoms with van der Waals surface area (Å²) >= 11 is 0. The number of nitrogens with zero attached hydrogens (tertiary/aromatic N) is 1. The van der Waals surface area contributed by atoms with Crippen LogP contribution in [0.2, 0.25) is 0 Å². The Morgan fingerprint density at radius 2 is 1.70 bits per heavy atom. The highest BCUT2D eigenvalue weighted by Gasteiger charge is 2.13. The number of halogens is 1. The van der Waals surface area contributed by atoms with Crippen LogP contribution in [0.15, 0.2) is 42.7 Å². The number of carbonyl (C=O) groups is 2. The number of rotatable bonds is 4. The van der Waals surface area contributed by atoms with Gasteiger partial charge in [-0.25, -0.2) is 0 Å². The van der Waals surface area contributed by atoms with Gasteiger partial charge in [-0.3, -0.25) is 9.59 Å². The van der Waals surface area contributed by atoms with Crippen molar-refractivity contribution in [2.45, 2.75) is 27.3 Å². The molecule has 0 radical (unpaired) electrons. The minimum Gasteiger partial charge on any atom is -1.00 e. The van der Waals surface area contributed by atoms with E-state index < -0.39 is 0 Å². The molecule has 0 aliphatic heterocycles. The highest BCUT2D eigenvalue weighted by Crippen LogP contribution is 2.19. The van der Waals surface area contributed by atoms with Gasteiger partial charge in [-0.15, -0.1) is 0 Å². The molecule has 0 saturated heterocycles. The number of aryl methyl sites for hydroxylation is 2. The quantitative estimate of drug-likeness (QED) is 0.684. The van der Waals surface area contributed by atoms with Crippen LogP contribution in [0.5, 0.6) is 0 Å². The molecule has 1 heterocycles. The molecule has 1 aromatic heterocycles. The molecule has 0 aliphatic rings. The fourth-order valence-electron chi connectivity index (χ4n) is 2.25. The summed E-state index contributed by atoms with van der Waals surface area (Å²) in [7, 11) is 0. The number of hydrogen-bond donors (Lipinski definition) is 2. The van der Waals surface area contributed by atoms with Crippen LogP contribution < -0.4 is 32.2 Å². The normalized spacial score (nSPS) is 9.70. The Kier molecular flexibility index (Phi) is 6.90. The zero-order chi connectivity index (χ0) is 16.1. The number of aromatic nitrogens is 1. The van der Waals surface area contributed by atoms with Crippen LogP contribution in [0.4, 0.5) is 11.4 Å². The monoisotopic (exact) mass is 377 g/mol. The van der Waals surface area contributed by atoms with Crippen molar-refractivity contribution in [1.82, 2.24) is 0 Å². The molecule has 0 fully saturated rings. The number of benzene rings is 1. The lowest BCUT2D eigenvalue weighted by Gasteiger charge is -2.10. The van der Waals surface area contributed by atoms with E-state index in [-0.39, 0.29) is 35.3 Å². The van der Waals surface area contributed by atoms with Crippen molar-refractivity contribution in [2.24, 2.45) is 0 Å². The molecule has 2 amide bonds. The standard InChI is InChI=1S/C17H19N3O2.BrH/c1-12-6-4-7-13(2)17(12)19-16(22)11-20-9-5-8-15(10-20)18-14(3)21;/h4-10H,11H2,1-3H3,(H-,18,19,21,22);1H. The molecule has 0 bridgehead atoms. The first-order chi connectivity index (χ1) is 10.5. The fourth-order valence-corrected chi connectivity index (χ4v) is 2.25. The topological polar surface area (TPSA) is 62.1 Å². The van der Waals surface area contributed by atoms with Crippen LogP contribution in [0.3, 0.4) is 0 Å². The first-order valence-electron chi connectivity index (χ1n) is 7.08. The molecule has 6 heteroatoms. The molecule has 0 unspecified atom stereocenters. The molecule has 2 aromatic rings. The van der Waals surface area contributed by atoms with E-state index in [4.69, 9.17) is 0 Å². The van der Waals surface area contributed by atoms with Crippen LogP contribution in [-0.2, 0) is 16.1 Å². The van der Waals surface area contributed by atoms with Gasteiger partial charge in [0.05, 0.1) is 0 Å². The van der Waals surface area contributed by atoms with E-state index in [0.717, 1.165) is 16.8 Å². The summed E-state index contributed by atoms with van der Waals surface area (Å²) in [6.45, 7) is 5.56. The lowest BCUT2D eigenvalue weighted by atomic mass is 10.1. The zero-order valence-electron chi connectivity index (χ0n) is 13.4. The van der Waals surface area contributed by atoms with E-state index in [2.05, 4.69) is 10.6 Å². The molecule has 2 N–H and O–H groups in total. The number of anilines is 2. The maximum atomic E-state index is 12.2. The van der Waals surface area contributed by atoms with Gasteiger partial charge < -0.3 is 27.6 Å². The third kappa shape index (κ3) is 5.49. The average Bonchev–Trinajstić information content (AvgIpc) is 2.42. The molecule has 0 atom stereocenters. The fraction of sp³-hybridized carbons (Fsp3) is 0.235. The van der Waals surface area contributed by atoms with Crippen LogP contribution in [0.25, 0.3) is 0 Å². The second-order valence-electron chi connectivity index (χ2n) is 5.26. The van der Waals surface area contributed by atoms with Crippen molar-refractivity contribution in [2.75, 3.05) is 10.6 Å². The smallest absolute Gasteiger partial charge is 0.290 e. The number of pyridine rings is 1. The Labute approximate surface area is 146 Å². The number of hydrogen-bond acceptors (Lipinski definition) is 2. The van der Waals surface area contributed by atoms with Crippen molar-refractivity contribution in [3.8, 4) is 0 Å². The van der Waals surface area contributed by atoms with Gasteiger partial charge in [-0.05, 0) is 31.0 Å². The van der Waals surface area contributed by atoms with E-state index in [1.807, 2.05) is 32.0 Å². The maximum absolute atomic E-state index is 12.2. The SMILES string of the molecule is CC(=O)Nc1ccc[n+](CC(=O)Nc2c(C)cccc2C)c1.[Br-]. The second-order valence-corrected chi connectivity index (χ2v) is 5.26. The minimum atomic E-state index is -0.141. The molecule has 122 valence electrons. The number of nitrogens with one attached hydrogen (secondary N) is 2. The Balaban J connectivity index is 0.00000264. The summed E-state index contributed by atoms with van der Waals surface area (Å²) in [5.41, 5.74) is 3.58. The van der Waals surface area contributed by atoms with Crippen molar-refractivity contribution in [3.63, 3.8) is 0 Å². The van der Waals surface area contributed by atoms with E-state index in [1.54, 1.807) is 29.1 Å². The summed E-state index contributed by atoms with van der Waals surface area (Å²) < 4.78 is 1.73. The van der Waals surface area contributed by atoms with Crippen LogP contribution >= 0.6 is 0 Å². The molecule has 23 heavy (non-hydrogen) atoms. The second kappa shape index (κ2) is 8.43. The van der Waals surface area contributed by atoms with Crippen molar-refractivity contribution in [1.29, 1.82) is 0 Å². The Bertz CT molecular complexity index is 696. The van der Waals surface area contributed by atoms with Crippen LogP contribution in [0, 0.1) is 13.8 Å². The first-order valence-corrected chi connectivity index (χ1v) is 7.08. The lowest BCUT2D eigenvalue weighted by Crippen LogP contribution is -3.00. The third-order valence-electron chi connectivity index (χ3n) is 3.25. The Morgan fingerprint density at radius 3 is 2.30 bits per heavy atom. The lowest BCUT2D eigenvalue weighted by molar-refractivity contribution is -0.683. The number of para-hydroxylation sites is 1. The van der Waals surface area contributed by atoms with E-state index in [9.17, 15) is 9.59 Å². The van der Waals surface area contributed by atoms with Gasteiger partial charge in [0, 0.05) is 18.7 Å². The summed E-state index contributed by atoms with van der Waals surface area (Å²) in [4.78, 5) is 23.3. The molecule has 2 rings (SSSR count). The summed E-state index contributed by atoms with van der Waals surface area (Å²) in [5, 5.41) is 5.63. The molecular formula is C17H20BrN3O2. The highest BCUT2D eigenvalue weighted by atomic mass is 79.9. The predicted octanol–water partition coefficient (Wildman–Crippen LogP) is -0.808. The molecule has 5 nitrogen and oxygen atoms in total. The Hall–Kier alpha value is -2.21. The number of carbonyl (C=O) groups excluding carboxylic acids is 2. The van der Waals surface area contributed by atoms with Gasteiger partial charge in [0.1, 0.15) is 5.69 Å².